The number of benzene rings is 2. The fraction of sp³-hybridized carbons (Fsp3) is 0.0526. The van der Waals surface area contributed by atoms with E-state index in [2.05, 4.69) is 15.7 Å². The average Bonchev–Trinajstić information content (AvgIpc) is 2.64. The average molecular weight is 336 g/mol. The Labute approximate surface area is 144 Å². The molecular formula is C19H17FN4O. The monoisotopic (exact) mass is 336 g/mol. The first-order chi connectivity index (χ1) is 12.2. The zero-order valence-corrected chi connectivity index (χ0v) is 13.4. The van der Waals surface area contributed by atoms with Gasteiger partial charge in [0.2, 0.25) is 0 Å². The van der Waals surface area contributed by atoms with Crippen LogP contribution in [0.4, 0.5) is 15.8 Å². The van der Waals surface area contributed by atoms with Crippen molar-refractivity contribution in [2.45, 2.75) is 6.42 Å². The summed E-state index contributed by atoms with van der Waals surface area (Å²) in [6.45, 7) is 0. The minimum absolute atomic E-state index is 0.239. The van der Waals surface area contributed by atoms with Gasteiger partial charge < -0.3 is 10.7 Å². The second kappa shape index (κ2) is 7.55. The molecule has 0 unspecified atom stereocenters. The van der Waals surface area contributed by atoms with Crippen LogP contribution in [0.3, 0.4) is 0 Å². The third-order valence-electron chi connectivity index (χ3n) is 3.75. The Kier molecular flexibility index (Phi) is 5.01. The summed E-state index contributed by atoms with van der Waals surface area (Å²) in [5.41, 5.74) is 6.22. The molecule has 1 aromatic heterocycles. The Bertz CT molecular complexity index is 866. The second-order valence-electron chi connectivity index (χ2n) is 5.52. The summed E-state index contributed by atoms with van der Waals surface area (Å²) in [4.78, 5) is 16.4. The summed E-state index contributed by atoms with van der Waals surface area (Å²) in [7, 11) is 0. The van der Waals surface area contributed by atoms with Crippen molar-refractivity contribution in [3.8, 4) is 0 Å². The van der Waals surface area contributed by atoms with Gasteiger partial charge in [0.05, 0.1) is 17.6 Å². The molecule has 5 nitrogen and oxygen atoms in total. The van der Waals surface area contributed by atoms with E-state index in [-0.39, 0.29) is 11.7 Å². The molecule has 4 N–H and O–H groups in total. The molecule has 126 valence electrons. The van der Waals surface area contributed by atoms with Gasteiger partial charge in [-0.1, -0.05) is 12.1 Å². The highest BCUT2D eigenvalue weighted by atomic mass is 19.1. The van der Waals surface area contributed by atoms with Crippen LogP contribution in [0.5, 0.6) is 0 Å². The van der Waals surface area contributed by atoms with Crippen molar-refractivity contribution in [2.75, 3.05) is 10.7 Å². The fourth-order valence-corrected chi connectivity index (χ4v) is 2.48. The number of carbonyl (C=O) groups excluding carboxylic acids is 1. The van der Waals surface area contributed by atoms with Crippen molar-refractivity contribution in [2.24, 2.45) is 5.84 Å². The Morgan fingerprint density at radius 3 is 2.60 bits per heavy atom. The van der Waals surface area contributed by atoms with Crippen molar-refractivity contribution >= 4 is 17.3 Å². The number of pyridine rings is 1. The number of nitrogens with two attached hydrogens (primary N) is 1. The maximum Gasteiger partial charge on any atom is 0.255 e. The van der Waals surface area contributed by atoms with Gasteiger partial charge in [-0.15, -0.1) is 0 Å². The zero-order chi connectivity index (χ0) is 17.6. The van der Waals surface area contributed by atoms with Gasteiger partial charge in [0, 0.05) is 11.8 Å². The smallest absolute Gasteiger partial charge is 0.255 e. The van der Waals surface area contributed by atoms with E-state index in [1.54, 1.807) is 54.9 Å². The van der Waals surface area contributed by atoms with E-state index in [1.807, 2.05) is 0 Å². The summed E-state index contributed by atoms with van der Waals surface area (Å²) < 4.78 is 13.1. The highest BCUT2D eigenvalue weighted by Crippen LogP contribution is 2.21. The number of halogens is 1. The Morgan fingerprint density at radius 2 is 1.92 bits per heavy atom. The van der Waals surface area contributed by atoms with Crippen LogP contribution in [-0.4, -0.2) is 10.9 Å². The van der Waals surface area contributed by atoms with Gasteiger partial charge in [-0.05, 0) is 60.0 Å². The van der Waals surface area contributed by atoms with Crippen molar-refractivity contribution in [1.29, 1.82) is 0 Å². The van der Waals surface area contributed by atoms with Gasteiger partial charge in [-0.3, -0.25) is 15.6 Å². The Balaban J connectivity index is 1.84. The Hall–Kier alpha value is -3.25. The number of aromatic nitrogens is 1. The van der Waals surface area contributed by atoms with Crippen LogP contribution in [0.1, 0.15) is 21.5 Å². The molecule has 2 aromatic carbocycles. The molecule has 0 saturated heterocycles. The standard InChI is InChI=1S/C19H17FN4O/c20-16-6-3-13(4-7-16)10-15-11-14(5-8-18(15)24-21)19(25)23-17-2-1-9-22-12-17/h1-9,11-12,24H,10,21H2,(H,23,25). The van der Waals surface area contributed by atoms with Crippen LogP contribution < -0.4 is 16.6 Å². The largest absolute Gasteiger partial charge is 0.324 e. The van der Waals surface area contributed by atoms with E-state index in [1.165, 1.54) is 12.1 Å². The molecule has 0 saturated carbocycles. The van der Waals surface area contributed by atoms with E-state index in [0.29, 0.717) is 23.4 Å². The number of anilines is 2. The highest BCUT2D eigenvalue weighted by Gasteiger charge is 2.11. The normalized spacial score (nSPS) is 10.3. The van der Waals surface area contributed by atoms with Crippen LogP contribution in [0.15, 0.2) is 67.0 Å². The number of nitrogens with zero attached hydrogens (tertiary/aromatic N) is 1. The van der Waals surface area contributed by atoms with Crippen molar-refractivity contribution in [3.05, 3.63) is 89.5 Å². The van der Waals surface area contributed by atoms with Crippen molar-refractivity contribution < 1.29 is 9.18 Å². The van der Waals surface area contributed by atoms with E-state index < -0.39 is 0 Å². The molecule has 1 heterocycles. The summed E-state index contributed by atoms with van der Waals surface area (Å²) in [6, 6.07) is 14.9. The molecule has 0 aliphatic carbocycles. The topological polar surface area (TPSA) is 80.0 Å². The van der Waals surface area contributed by atoms with E-state index in [4.69, 9.17) is 5.84 Å². The number of nitrogens with one attached hydrogen (secondary N) is 2. The number of rotatable bonds is 5. The first kappa shape index (κ1) is 16.6. The molecule has 6 heteroatoms. The predicted molar refractivity (Wildman–Crippen MR) is 95.6 cm³/mol. The summed E-state index contributed by atoms with van der Waals surface area (Å²) >= 11 is 0. The fourth-order valence-electron chi connectivity index (χ4n) is 2.48. The molecule has 25 heavy (non-hydrogen) atoms. The number of carbonyl (C=O) groups is 1. The maximum absolute atomic E-state index is 13.1. The lowest BCUT2D eigenvalue weighted by Crippen LogP contribution is -2.14. The summed E-state index contributed by atoms with van der Waals surface area (Å²) in [5.74, 6) is 5.03. The lowest BCUT2D eigenvalue weighted by molar-refractivity contribution is 0.102. The van der Waals surface area contributed by atoms with E-state index in [9.17, 15) is 9.18 Å². The first-order valence-corrected chi connectivity index (χ1v) is 7.71. The van der Waals surface area contributed by atoms with Gasteiger partial charge in [0.1, 0.15) is 5.82 Å². The number of hydrazine groups is 1. The molecule has 0 spiro atoms. The van der Waals surface area contributed by atoms with Crippen molar-refractivity contribution in [1.82, 2.24) is 4.98 Å². The van der Waals surface area contributed by atoms with Crippen LogP contribution >= 0.6 is 0 Å². The molecule has 0 atom stereocenters. The molecule has 0 aliphatic heterocycles. The third kappa shape index (κ3) is 4.19. The predicted octanol–water partition coefficient (Wildman–Crippen LogP) is 3.35. The minimum Gasteiger partial charge on any atom is -0.324 e. The van der Waals surface area contributed by atoms with Crippen LogP contribution in [0.25, 0.3) is 0 Å². The van der Waals surface area contributed by atoms with E-state index in [0.717, 1.165) is 11.1 Å². The summed E-state index contributed by atoms with van der Waals surface area (Å²) in [6.07, 6.45) is 3.74. The lowest BCUT2D eigenvalue weighted by Gasteiger charge is -2.12. The maximum atomic E-state index is 13.1. The third-order valence-corrected chi connectivity index (χ3v) is 3.75. The molecule has 0 radical (unpaired) electrons. The quantitative estimate of drug-likeness (QED) is 0.493. The van der Waals surface area contributed by atoms with Crippen LogP contribution in [-0.2, 0) is 6.42 Å². The molecular weight excluding hydrogens is 319 g/mol. The number of hydrogen-bond acceptors (Lipinski definition) is 4. The Morgan fingerprint density at radius 1 is 1.12 bits per heavy atom. The number of nitrogen functional groups attached to an aromatic ring is 1. The van der Waals surface area contributed by atoms with Gasteiger partial charge in [-0.25, -0.2) is 4.39 Å². The second-order valence-corrected chi connectivity index (χ2v) is 5.52. The van der Waals surface area contributed by atoms with Gasteiger partial charge in [-0.2, -0.15) is 0 Å². The SMILES string of the molecule is NNc1ccc(C(=O)Nc2cccnc2)cc1Cc1ccc(F)cc1. The number of amides is 1. The van der Waals surface area contributed by atoms with Crippen LogP contribution in [0.2, 0.25) is 0 Å². The molecule has 3 aromatic rings. The van der Waals surface area contributed by atoms with Gasteiger partial charge >= 0.3 is 0 Å². The van der Waals surface area contributed by atoms with Crippen molar-refractivity contribution in [3.63, 3.8) is 0 Å². The number of hydrogen-bond donors (Lipinski definition) is 3. The highest BCUT2D eigenvalue weighted by molar-refractivity contribution is 6.04. The van der Waals surface area contributed by atoms with Gasteiger partial charge in [0.25, 0.3) is 5.91 Å². The lowest BCUT2D eigenvalue weighted by atomic mass is 10.0. The zero-order valence-electron chi connectivity index (χ0n) is 13.4. The molecule has 0 bridgehead atoms. The van der Waals surface area contributed by atoms with E-state index >= 15 is 0 Å². The molecule has 1 amide bonds. The molecule has 3 rings (SSSR count). The molecule has 0 fully saturated rings. The van der Waals surface area contributed by atoms with Crippen LogP contribution in [0, 0.1) is 5.82 Å². The van der Waals surface area contributed by atoms with Gasteiger partial charge in [0.15, 0.2) is 0 Å². The first-order valence-electron chi connectivity index (χ1n) is 7.71. The summed E-state index contributed by atoms with van der Waals surface area (Å²) in [5, 5.41) is 2.79. The molecule has 0 aliphatic rings. The minimum atomic E-state index is -0.287.